The number of rotatable bonds is 27. The molecule has 3 aromatic carbocycles. The lowest BCUT2D eigenvalue weighted by molar-refractivity contribution is -0.136. The average molecular weight is 1010 g/mol. The molecule has 21 heteroatoms. The van der Waals surface area contributed by atoms with Crippen molar-refractivity contribution in [1.82, 2.24) is 25.0 Å². The highest BCUT2D eigenvalue weighted by atomic mass is 35.5. The van der Waals surface area contributed by atoms with Crippen LogP contribution >= 0.6 is 23.2 Å². The van der Waals surface area contributed by atoms with Gasteiger partial charge in [-0.25, -0.2) is 0 Å². The number of ether oxygens (including phenoxy) is 8. The summed E-state index contributed by atoms with van der Waals surface area (Å²) in [6.07, 6.45) is 3.42. The topological polar surface area (TPSA) is 213 Å². The van der Waals surface area contributed by atoms with E-state index in [0.717, 1.165) is 57.0 Å². The fourth-order valence-corrected chi connectivity index (χ4v) is 8.79. The zero-order valence-electron chi connectivity index (χ0n) is 39.2. The maximum atomic E-state index is 13.2. The number of nitrogens with one attached hydrogen (secondary N) is 2. The number of fused-ring (bicyclic) bond motifs is 2. The molecule has 1 aromatic heterocycles. The summed E-state index contributed by atoms with van der Waals surface area (Å²) in [7, 11) is 3.09. The van der Waals surface area contributed by atoms with Crippen molar-refractivity contribution in [2.45, 2.75) is 31.7 Å². The lowest BCUT2D eigenvalue weighted by atomic mass is 10.0. The number of amides is 4. The third-order valence-electron chi connectivity index (χ3n) is 11.9. The number of nitrogens with zero attached hydrogens (tertiary/aromatic N) is 5. The Kier molecular flexibility index (Phi) is 19.2. The van der Waals surface area contributed by atoms with E-state index < -0.39 is 29.7 Å². The van der Waals surface area contributed by atoms with Gasteiger partial charge in [-0.05, 0) is 43.5 Å². The van der Waals surface area contributed by atoms with Gasteiger partial charge in [0.05, 0.1) is 111 Å². The normalized spacial score (nSPS) is 16.3. The number of piperazine rings is 1. The molecule has 0 saturated carbocycles. The van der Waals surface area contributed by atoms with Gasteiger partial charge in [0.1, 0.15) is 30.2 Å². The number of methoxy groups -OCH3 is 2. The van der Waals surface area contributed by atoms with Crippen molar-refractivity contribution in [3.63, 3.8) is 0 Å². The molecule has 1 unspecified atom stereocenters. The summed E-state index contributed by atoms with van der Waals surface area (Å²) < 4.78 is 45.6. The Balaban J connectivity index is 0.687. The monoisotopic (exact) mass is 1010 g/mol. The van der Waals surface area contributed by atoms with Crippen molar-refractivity contribution >= 4 is 69.1 Å². The summed E-state index contributed by atoms with van der Waals surface area (Å²) in [5.41, 5.74) is 2.24. The number of nitriles is 1. The van der Waals surface area contributed by atoms with E-state index in [2.05, 4.69) is 31.5 Å². The predicted molar refractivity (Wildman–Crippen MR) is 259 cm³/mol. The van der Waals surface area contributed by atoms with Crippen LogP contribution in [0.4, 0.5) is 11.4 Å². The van der Waals surface area contributed by atoms with Crippen LogP contribution in [-0.4, -0.2) is 169 Å². The SMILES string of the molecule is COc1cc(Nc2c(C#N)cnc3cc(OCCCN4CCN(CCCOCCOCCOCCOCCOc5cccc6c5C(=O)N(C5CCC(=O)NC5=O)C6=O)CC4)c(OC)cc23)c(Cl)cc1Cl. The summed E-state index contributed by atoms with van der Waals surface area (Å²) in [5.74, 6) is -0.555. The van der Waals surface area contributed by atoms with E-state index in [9.17, 15) is 24.4 Å². The zero-order chi connectivity index (χ0) is 49.4. The summed E-state index contributed by atoms with van der Waals surface area (Å²) in [6, 6.07) is 12.8. The van der Waals surface area contributed by atoms with Crippen LogP contribution in [0.15, 0.2) is 48.7 Å². The van der Waals surface area contributed by atoms with E-state index in [1.165, 1.54) is 19.4 Å². The smallest absolute Gasteiger partial charge is 0.266 e. The van der Waals surface area contributed by atoms with Gasteiger partial charge in [0, 0.05) is 76.0 Å². The molecule has 4 heterocycles. The van der Waals surface area contributed by atoms with Crippen LogP contribution in [0.1, 0.15) is 52.0 Å². The number of anilines is 2. The van der Waals surface area contributed by atoms with Crippen molar-refractivity contribution in [3.05, 3.63) is 75.4 Å². The molecule has 2 fully saturated rings. The number of halogens is 2. The van der Waals surface area contributed by atoms with E-state index in [0.29, 0.717) is 108 Å². The number of carbonyl (C=O) groups is 4. The van der Waals surface area contributed by atoms with E-state index >= 15 is 0 Å². The van der Waals surface area contributed by atoms with Gasteiger partial charge in [0.2, 0.25) is 11.8 Å². The Morgan fingerprint density at radius 2 is 1.36 bits per heavy atom. The molecular formula is C49H57Cl2N7O12. The highest BCUT2D eigenvalue weighted by molar-refractivity contribution is 6.37. The first-order valence-corrected chi connectivity index (χ1v) is 23.9. The molecule has 4 aromatic rings. The molecule has 0 spiro atoms. The maximum Gasteiger partial charge on any atom is 0.266 e. The highest BCUT2D eigenvalue weighted by Gasteiger charge is 2.46. The molecule has 3 aliphatic heterocycles. The fraction of sp³-hybridized carbons (Fsp3) is 0.469. The van der Waals surface area contributed by atoms with Gasteiger partial charge in [-0.15, -0.1) is 0 Å². The second kappa shape index (κ2) is 25.9. The summed E-state index contributed by atoms with van der Waals surface area (Å²) in [5, 5.41) is 16.8. The lowest BCUT2D eigenvalue weighted by Crippen LogP contribution is -2.54. The summed E-state index contributed by atoms with van der Waals surface area (Å²) >= 11 is 12.7. The van der Waals surface area contributed by atoms with E-state index in [1.54, 1.807) is 37.4 Å². The number of hydrogen-bond acceptors (Lipinski definition) is 17. The molecule has 3 aliphatic rings. The second-order valence-corrected chi connectivity index (χ2v) is 17.2. The van der Waals surface area contributed by atoms with Crippen LogP contribution in [0, 0.1) is 11.3 Å². The molecule has 2 N–H and O–H groups in total. The van der Waals surface area contributed by atoms with E-state index in [1.807, 2.05) is 6.07 Å². The van der Waals surface area contributed by atoms with E-state index in [-0.39, 0.29) is 42.9 Å². The van der Waals surface area contributed by atoms with Crippen molar-refractivity contribution in [1.29, 1.82) is 5.26 Å². The van der Waals surface area contributed by atoms with Crippen molar-refractivity contribution in [2.24, 2.45) is 0 Å². The lowest BCUT2D eigenvalue weighted by Gasteiger charge is -2.34. The molecule has 1 atom stereocenters. The summed E-state index contributed by atoms with van der Waals surface area (Å²) in [6.45, 7) is 9.92. The number of carbonyl (C=O) groups excluding carboxylic acids is 4. The molecule has 19 nitrogen and oxygen atoms in total. The first-order valence-electron chi connectivity index (χ1n) is 23.2. The van der Waals surface area contributed by atoms with Gasteiger partial charge < -0.3 is 53.0 Å². The number of pyridine rings is 1. The highest BCUT2D eigenvalue weighted by Crippen LogP contribution is 2.41. The maximum absolute atomic E-state index is 13.2. The van der Waals surface area contributed by atoms with Crippen LogP contribution in [0.5, 0.6) is 23.0 Å². The number of hydrogen-bond donors (Lipinski definition) is 2. The molecule has 374 valence electrons. The Hall–Kier alpha value is -5.82. The quantitative estimate of drug-likeness (QED) is 0.0558. The Morgan fingerprint density at radius 3 is 2.00 bits per heavy atom. The van der Waals surface area contributed by atoms with Crippen molar-refractivity contribution < 1.29 is 57.1 Å². The first kappa shape index (κ1) is 52.0. The standard InChI is InChI=1S/C49H57Cl2N7O12/c1-63-41-29-38(35(50)27-36(41)51)54-46-32(30-52)31-53-37-28-43(42(64-2)26-34(37)46)69-17-5-11-57-14-12-56(13-15-57)10-4-16-65-18-19-66-20-21-67-22-23-68-24-25-70-40-7-3-6-33-45(40)49(62)58(48(33)61)39-8-9-44(59)55-47(39)60/h3,6-7,26-29,31,39H,4-5,8-25H2,1-2H3,(H,53,54)(H,55,59,60). The van der Waals surface area contributed by atoms with Crippen LogP contribution in [0.3, 0.4) is 0 Å². The second-order valence-electron chi connectivity index (χ2n) is 16.4. The van der Waals surface area contributed by atoms with Crippen LogP contribution in [0.25, 0.3) is 10.9 Å². The van der Waals surface area contributed by atoms with Crippen molar-refractivity contribution in [2.75, 3.05) is 125 Å². The molecular weight excluding hydrogens is 949 g/mol. The van der Waals surface area contributed by atoms with Gasteiger partial charge in [0.15, 0.2) is 11.5 Å². The number of benzene rings is 3. The number of piperidine rings is 1. The Bertz CT molecular complexity index is 2540. The first-order chi connectivity index (χ1) is 34.1. The minimum atomic E-state index is -1.04. The molecule has 0 radical (unpaired) electrons. The molecule has 7 rings (SSSR count). The molecule has 70 heavy (non-hydrogen) atoms. The molecule has 0 bridgehead atoms. The Labute approximate surface area is 416 Å². The van der Waals surface area contributed by atoms with Gasteiger partial charge in [-0.1, -0.05) is 29.3 Å². The van der Waals surface area contributed by atoms with E-state index in [4.69, 9.17) is 61.1 Å². The number of imide groups is 2. The average Bonchev–Trinajstić information content (AvgIpc) is 3.62. The molecule has 4 amide bonds. The largest absolute Gasteiger partial charge is 0.495 e. The fourth-order valence-electron chi connectivity index (χ4n) is 8.28. The summed E-state index contributed by atoms with van der Waals surface area (Å²) in [4.78, 5) is 60.4. The van der Waals surface area contributed by atoms with Gasteiger partial charge >= 0.3 is 0 Å². The predicted octanol–water partition coefficient (Wildman–Crippen LogP) is 5.50. The Morgan fingerprint density at radius 1 is 0.729 bits per heavy atom. The number of aromatic nitrogens is 1. The van der Waals surface area contributed by atoms with Crippen LogP contribution in [-0.2, 0) is 28.5 Å². The zero-order valence-corrected chi connectivity index (χ0v) is 40.7. The van der Waals surface area contributed by atoms with Gasteiger partial charge in [-0.2, -0.15) is 5.26 Å². The van der Waals surface area contributed by atoms with Crippen LogP contribution in [0.2, 0.25) is 10.0 Å². The minimum Gasteiger partial charge on any atom is -0.495 e. The third-order valence-corrected chi connectivity index (χ3v) is 12.5. The van der Waals surface area contributed by atoms with Crippen LogP contribution < -0.4 is 29.6 Å². The third kappa shape index (κ3) is 13.3. The molecule has 2 saturated heterocycles. The van der Waals surface area contributed by atoms with Gasteiger partial charge in [0.25, 0.3) is 11.8 Å². The van der Waals surface area contributed by atoms with Crippen molar-refractivity contribution in [3.8, 4) is 29.1 Å². The molecule has 0 aliphatic carbocycles. The minimum absolute atomic E-state index is 0.0465. The van der Waals surface area contributed by atoms with Gasteiger partial charge in [-0.3, -0.25) is 34.4 Å².